The van der Waals surface area contributed by atoms with Crippen LogP contribution in [-0.2, 0) is 6.54 Å². The third kappa shape index (κ3) is 4.13. The second kappa shape index (κ2) is 6.02. The topological polar surface area (TPSA) is 21.3 Å². The summed E-state index contributed by atoms with van der Waals surface area (Å²) in [7, 11) is 0. The maximum Gasteiger partial charge on any atom is 0.387 e. The lowest BCUT2D eigenvalue weighted by atomic mass is 10.2. The van der Waals surface area contributed by atoms with Gasteiger partial charge in [-0.1, -0.05) is 22.9 Å². The normalized spacial score (nSPS) is 10.7. The maximum absolute atomic E-state index is 12.1. The van der Waals surface area contributed by atoms with E-state index in [1.165, 1.54) is 6.07 Å². The SMILES string of the molecule is CCNCc1cc(Br)ccc1OC(F)F. The van der Waals surface area contributed by atoms with Crippen molar-refractivity contribution in [2.45, 2.75) is 20.1 Å². The van der Waals surface area contributed by atoms with Gasteiger partial charge in [0.05, 0.1) is 0 Å². The summed E-state index contributed by atoms with van der Waals surface area (Å²) in [5.74, 6) is 0.217. The van der Waals surface area contributed by atoms with Gasteiger partial charge in [-0.25, -0.2) is 0 Å². The number of rotatable bonds is 5. The molecule has 0 aromatic heterocycles. The van der Waals surface area contributed by atoms with E-state index in [1.807, 2.05) is 6.92 Å². The van der Waals surface area contributed by atoms with Crippen LogP contribution in [0.1, 0.15) is 12.5 Å². The molecular weight excluding hydrogens is 268 g/mol. The molecule has 0 heterocycles. The molecule has 0 aliphatic carbocycles. The minimum absolute atomic E-state index is 0.217. The quantitative estimate of drug-likeness (QED) is 0.894. The third-order valence-corrected chi connectivity index (χ3v) is 2.30. The molecule has 5 heteroatoms. The number of halogens is 3. The Morgan fingerprint density at radius 3 is 2.80 bits per heavy atom. The number of hydrogen-bond donors (Lipinski definition) is 1. The first-order valence-electron chi connectivity index (χ1n) is 4.57. The zero-order valence-electron chi connectivity index (χ0n) is 8.27. The van der Waals surface area contributed by atoms with E-state index in [2.05, 4.69) is 26.0 Å². The molecule has 0 atom stereocenters. The molecule has 1 aromatic rings. The van der Waals surface area contributed by atoms with Crippen molar-refractivity contribution >= 4 is 15.9 Å². The average molecular weight is 280 g/mol. The highest BCUT2D eigenvalue weighted by Gasteiger charge is 2.09. The number of benzene rings is 1. The largest absolute Gasteiger partial charge is 0.434 e. The van der Waals surface area contributed by atoms with Crippen molar-refractivity contribution in [3.05, 3.63) is 28.2 Å². The summed E-state index contributed by atoms with van der Waals surface area (Å²) < 4.78 is 29.4. The molecule has 0 fully saturated rings. The summed E-state index contributed by atoms with van der Waals surface area (Å²) in [6.45, 7) is 0.455. The van der Waals surface area contributed by atoms with Crippen molar-refractivity contribution in [1.82, 2.24) is 5.32 Å². The lowest BCUT2D eigenvalue weighted by Crippen LogP contribution is -2.14. The molecule has 1 rings (SSSR count). The molecule has 1 N–H and O–H groups in total. The summed E-state index contributed by atoms with van der Waals surface area (Å²) in [6, 6.07) is 4.97. The van der Waals surface area contributed by atoms with Crippen molar-refractivity contribution in [2.24, 2.45) is 0 Å². The molecule has 0 unspecified atom stereocenters. The van der Waals surface area contributed by atoms with Gasteiger partial charge < -0.3 is 10.1 Å². The van der Waals surface area contributed by atoms with E-state index in [0.29, 0.717) is 12.1 Å². The Morgan fingerprint density at radius 1 is 1.47 bits per heavy atom. The van der Waals surface area contributed by atoms with Crippen LogP contribution < -0.4 is 10.1 Å². The molecule has 0 amide bonds. The van der Waals surface area contributed by atoms with Gasteiger partial charge in [0.15, 0.2) is 0 Å². The molecule has 0 saturated heterocycles. The van der Waals surface area contributed by atoms with E-state index >= 15 is 0 Å². The fourth-order valence-electron chi connectivity index (χ4n) is 1.16. The molecular formula is C10H12BrF2NO. The van der Waals surface area contributed by atoms with E-state index in [4.69, 9.17) is 0 Å². The predicted molar refractivity (Wildman–Crippen MR) is 58.2 cm³/mol. The van der Waals surface area contributed by atoms with E-state index in [1.54, 1.807) is 12.1 Å². The van der Waals surface area contributed by atoms with Crippen molar-refractivity contribution < 1.29 is 13.5 Å². The molecule has 0 radical (unpaired) electrons. The van der Waals surface area contributed by atoms with Crippen molar-refractivity contribution in [3.8, 4) is 5.75 Å². The predicted octanol–water partition coefficient (Wildman–Crippen LogP) is 3.16. The van der Waals surface area contributed by atoms with Crippen molar-refractivity contribution in [2.75, 3.05) is 6.54 Å². The first-order valence-corrected chi connectivity index (χ1v) is 5.36. The minimum atomic E-state index is -2.79. The molecule has 0 bridgehead atoms. The molecule has 0 aliphatic rings. The second-order valence-electron chi connectivity index (χ2n) is 2.91. The molecule has 2 nitrogen and oxygen atoms in total. The van der Waals surface area contributed by atoms with Crippen molar-refractivity contribution in [1.29, 1.82) is 0 Å². The van der Waals surface area contributed by atoms with E-state index in [0.717, 1.165) is 11.0 Å². The summed E-state index contributed by atoms with van der Waals surface area (Å²) >= 11 is 3.28. The lowest BCUT2D eigenvalue weighted by Gasteiger charge is -2.11. The summed E-state index contributed by atoms with van der Waals surface area (Å²) in [4.78, 5) is 0. The Kier molecular flexibility index (Phi) is 4.98. The van der Waals surface area contributed by atoms with Crippen LogP contribution >= 0.6 is 15.9 Å². The van der Waals surface area contributed by atoms with Gasteiger partial charge in [0.1, 0.15) is 5.75 Å². The molecule has 0 saturated carbocycles. The Balaban J connectivity index is 2.82. The van der Waals surface area contributed by atoms with Crippen LogP contribution in [0.2, 0.25) is 0 Å². The first kappa shape index (κ1) is 12.4. The third-order valence-electron chi connectivity index (χ3n) is 1.80. The Hall–Kier alpha value is -0.680. The van der Waals surface area contributed by atoms with Gasteiger partial charge in [-0.05, 0) is 24.7 Å². The van der Waals surface area contributed by atoms with Crippen LogP contribution in [0.25, 0.3) is 0 Å². The van der Waals surface area contributed by atoms with Crippen LogP contribution in [0.4, 0.5) is 8.78 Å². The average Bonchev–Trinajstić information content (AvgIpc) is 2.18. The van der Waals surface area contributed by atoms with E-state index in [9.17, 15) is 8.78 Å². The van der Waals surface area contributed by atoms with Gasteiger partial charge in [0, 0.05) is 16.6 Å². The lowest BCUT2D eigenvalue weighted by molar-refractivity contribution is -0.0505. The first-order chi connectivity index (χ1) is 7.13. The molecule has 0 spiro atoms. The van der Waals surface area contributed by atoms with Gasteiger partial charge in [-0.3, -0.25) is 0 Å². The highest BCUT2D eigenvalue weighted by atomic mass is 79.9. The summed E-state index contributed by atoms with van der Waals surface area (Å²) in [6.07, 6.45) is 0. The zero-order chi connectivity index (χ0) is 11.3. The maximum atomic E-state index is 12.1. The second-order valence-corrected chi connectivity index (χ2v) is 3.83. The van der Waals surface area contributed by atoms with Gasteiger partial charge in [0.25, 0.3) is 0 Å². The van der Waals surface area contributed by atoms with Gasteiger partial charge >= 0.3 is 6.61 Å². The van der Waals surface area contributed by atoms with Gasteiger partial charge in [-0.15, -0.1) is 0 Å². The Bertz CT molecular complexity index is 320. The standard InChI is InChI=1S/C10H12BrF2NO/c1-2-14-6-7-5-8(11)3-4-9(7)15-10(12)13/h3-5,10,14H,2,6H2,1H3. The van der Waals surface area contributed by atoms with Crippen LogP contribution in [0.5, 0.6) is 5.75 Å². The summed E-state index contributed by atoms with van der Waals surface area (Å²) in [5, 5.41) is 3.06. The van der Waals surface area contributed by atoms with Gasteiger partial charge in [-0.2, -0.15) is 8.78 Å². The molecule has 84 valence electrons. The summed E-state index contributed by atoms with van der Waals surface area (Å²) in [5.41, 5.74) is 0.714. The highest BCUT2D eigenvalue weighted by molar-refractivity contribution is 9.10. The van der Waals surface area contributed by atoms with Crippen LogP contribution in [0.15, 0.2) is 22.7 Å². The molecule has 0 aliphatic heterocycles. The fraction of sp³-hybridized carbons (Fsp3) is 0.400. The van der Waals surface area contributed by atoms with E-state index in [-0.39, 0.29) is 5.75 Å². The monoisotopic (exact) mass is 279 g/mol. The van der Waals surface area contributed by atoms with Crippen LogP contribution in [0, 0.1) is 0 Å². The smallest absolute Gasteiger partial charge is 0.387 e. The number of ether oxygens (including phenoxy) is 1. The number of hydrogen-bond acceptors (Lipinski definition) is 2. The highest BCUT2D eigenvalue weighted by Crippen LogP contribution is 2.24. The Labute approximate surface area is 95.8 Å². The van der Waals surface area contributed by atoms with Gasteiger partial charge in [0.2, 0.25) is 0 Å². The number of nitrogens with one attached hydrogen (secondary N) is 1. The van der Waals surface area contributed by atoms with Crippen LogP contribution in [0.3, 0.4) is 0 Å². The fourth-order valence-corrected chi connectivity index (χ4v) is 1.57. The van der Waals surface area contributed by atoms with E-state index < -0.39 is 6.61 Å². The van der Waals surface area contributed by atoms with Crippen molar-refractivity contribution in [3.63, 3.8) is 0 Å². The van der Waals surface area contributed by atoms with Crippen LogP contribution in [-0.4, -0.2) is 13.2 Å². The molecule has 15 heavy (non-hydrogen) atoms. The molecule has 1 aromatic carbocycles. The Morgan fingerprint density at radius 2 is 2.20 bits per heavy atom. The zero-order valence-corrected chi connectivity index (χ0v) is 9.85. The minimum Gasteiger partial charge on any atom is -0.434 e. The number of alkyl halides is 2.